The first-order valence-corrected chi connectivity index (χ1v) is 10.6. The molecular formula is C23H30ClN5O2. The number of aryl methyl sites for hydroxylation is 1. The largest absolute Gasteiger partial charge is 0.338 e. The second-order valence-corrected chi connectivity index (χ2v) is 9.35. The molecule has 3 aromatic rings. The van der Waals surface area contributed by atoms with Crippen LogP contribution in [0, 0.1) is 13.8 Å². The lowest BCUT2D eigenvalue weighted by molar-refractivity contribution is -0.117. The molecule has 0 saturated heterocycles. The van der Waals surface area contributed by atoms with Crippen LogP contribution in [0.4, 0.5) is 5.88 Å². The number of rotatable bonds is 7. The lowest BCUT2D eigenvalue weighted by Crippen LogP contribution is -2.30. The minimum atomic E-state index is -0.155. The Kier molecular flexibility index (Phi) is 6.86. The average Bonchev–Trinajstić information content (AvgIpc) is 3.24. The molecule has 7 nitrogen and oxygen atoms in total. The molecule has 3 rings (SSSR count). The van der Waals surface area contributed by atoms with Crippen LogP contribution in [0.2, 0.25) is 5.02 Å². The molecule has 2 aromatic heterocycles. The lowest BCUT2D eigenvalue weighted by atomic mass is 9.92. The van der Waals surface area contributed by atoms with Crippen molar-refractivity contribution in [1.29, 1.82) is 0 Å². The van der Waals surface area contributed by atoms with Gasteiger partial charge < -0.3 is 4.52 Å². The van der Waals surface area contributed by atoms with E-state index in [1.54, 1.807) is 6.07 Å². The minimum absolute atomic E-state index is 0.136. The Morgan fingerprint density at radius 2 is 1.97 bits per heavy atom. The molecule has 0 atom stereocenters. The van der Waals surface area contributed by atoms with Crippen molar-refractivity contribution in [2.45, 2.75) is 53.1 Å². The first-order chi connectivity index (χ1) is 14.5. The highest BCUT2D eigenvalue weighted by molar-refractivity contribution is 6.31. The zero-order valence-corrected chi connectivity index (χ0v) is 19.7. The fourth-order valence-electron chi connectivity index (χ4n) is 3.34. The van der Waals surface area contributed by atoms with E-state index in [1.807, 2.05) is 75.5 Å². The average molecular weight is 444 g/mol. The molecule has 31 heavy (non-hydrogen) atoms. The predicted molar refractivity (Wildman–Crippen MR) is 122 cm³/mol. The van der Waals surface area contributed by atoms with Crippen LogP contribution in [-0.4, -0.2) is 39.3 Å². The highest BCUT2D eigenvalue weighted by Gasteiger charge is 2.20. The van der Waals surface area contributed by atoms with Crippen LogP contribution in [-0.2, 0) is 23.3 Å². The topological polar surface area (TPSA) is 76.2 Å². The number of likely N-dealkylation sites (N-methyl/N-ethyl adjacent to an activating group) is 1. The van der Waals surface area contributed by atoms with Crippen LogP contribution >= 0.6 is 11.6 Å². The first kappa shape index (κ1) is 23.0. The number of anilines is 1. The van der Waals surface area contributed by atoms with Gasteiger partial charge in [0.2, 0.25) is 11.8 Å². The van der Waals surface area contributed by atoms with Crippen molar-refractivity contribution in [1.82, 2.24) is 19.8 Å². The molecule has 166 valence electrons. The van der Waals surface area contributed by atoms with Crippen molar-refractivity contribution in [2.75, 3.05) is 18.9 Å². The molecule has 1 aromatic carbocycles. The van der Waals surface area contributed by atoms with E-state index >= 15 is 0 Å². The molecule has 0 unspecified atom stereocenters. The summed E-state index contributed by atoms with van der Waals surface area (Å²) in [4.78, 5) is 14.4. The predicted octanol–water partition coefficient (Wildman–Crippen LogP) is 4.56. The van der Waals surface area contributed by atoms with Gasteiger partial charge in [0.1, 0.15) is 0 Å². The van der Waals surface area contributed by atoms with E-state index in [4.69, 9.17) is 16.1 Å². The lowest BCUT2D eigenvalue weighted by Gasteiger charge is -2.16. The summed E-state index contributed by atoms with van der Waals surface area (Å²) in [6.45, 7) is 11.6. The Hall–Kier alpha value is -2.64. The third-order valence-corrected chi connectivity index (χ3v) is 5.56. The van der Waals surface area contributed by atoms with E-state index in [0.29, 0.717) is 19.0 Å². The Balaban J connectivity index is 1.62. The van der Waals surface area contributed by atoms with Gasteiger partial charge in [0, 0.05) is 34.3 Å². The van der Waals surface area contributed by atoms with Crippen LogP contribution in [0.15, 0.2) is 34.9 Å². The van der Waals surface area contributed by atoms with E-state index < -0.39 is 0 Å². The third-order valence-electron chi connectivity index (χ3n) is 5.19. The second-order valence-electron chi connectivity index (χ2n) is 8.95. The molecule has 1 amide bonds. The van der Waals surface area contributed by atoms with E-state index in [1.165, 1.54) is 0 Å². The summed E-state index contributed by atoms with van der Waals surface area (Å²) in [5, 5.41) is 12.2. The highest BCUT2D eigenvalue weighted by atomic mass is 35.5. The van der Waals surface area contributed by atoms with Crippen molar-refractivity contribution in [2.24, 2.45) is 0 Å². The normalized spacial score (nSPS) is 11.9. The number of benzene rings is 1. The number of carbonyl (C=O) groups is 1. The van der Waals surface area contributed by atoms with Gasteiger partial charge in [-0.15, -0.1) is 0 Å². The van der Waals surface area contributed by atoms with Crippen LogP contribution < -0.4 is 5.32 Å². The van der Waals surface area contributed by atoms with Gasteiger partial charge in [-0.3, -0.25) is 19.7 Å². The Bertz CT molecular complexity index is 1060. The molecule has 0 aliphatic carbocycles. The van der Waals surface area contributed by atoms with Gasteiger partial charge in [-0.1, -0.05) is 55.7 Å². The Labute approximate surface area is 188 Å². The number of halogens is 1. The summed E-state index contributed by atoms with van der Waals surface area (Å²) >= 11 is 6.30. The van der Waals surface area contributed by atoms with E-state index in [9.17, 15) is 4.79 Å². The van der Waals surface area contributed by atoms with E-state index in [-0.39, 0.29) is 17.9 Å². The monoisotopic (exact) mass is 443 g/mol. The standard InChI is InChI=1S/C23H30ClN5O2/c1-15-18(16(2)29(26-15)12-17-9-7-8-10-19(17)24)13-28(6)14-21(30)25-22-11-20(27-31-22)23(3,4)5/h7-11H,12-14H2,1-6H3,(H,25,30). The molecule has 8 heteroatoms. The van der Waals surface area contributed by atoms with Crippen LogP contribution in [0.1, 0.15) is 49.0 Å². The molecule has 1 N–H and O–H groups in total. The van der Waals surface area contributed by atoms with Gasteiger partial charge in [0.05, 0.1) is 24.5 Å². The molecule has 0 aliphatic heterocycles. The molecule has 0 radical (unpaired) electrons. The molecule has 0 saturated carbocycles. The molecule has 0 fully saturated rings. The van der Waals surface area contributed by atoms with E-state index in [0.717, 1.165) is 33.2 Å². The van der Waals surface area contributed by atoms with Crippen molar-refractivity contribution >= 4 is 23.4 Å². The van der Waals surface area contributed by atoms with Crippen molar-refractivity contribution in [3.63, 3.8) is 0 Å². The molecule has 0 spiro atoms. The minimum Gasteiger partial charge on any atom is -0.338 e. The van der Waals surface area contributed by atoms with Gasteiger partial charge in [0.15, 0.2) is 0 Å². The zero-order chi connectivity index (χ0) is 22.8. The quantitative estimate of drug-likeness (QED) is 0.579. The second kappa shape index (κ2) is 9.24. The zero-order valence-electron chi connectivity index (χ0n) is 19.0. The van der Waals surface area contributed by atoms with Crippen LogP contribution in [0.25, 0.3) is 0 Å². The Morgan fingerprint density at radius 1 is 1.26 bits per heavy atom. The molecule has 2 heterocycles. The summed E-state index contributed by atoms with van der Waals surface area (Å²) in [5.74, 6) is 0.209. The van der Waals surface area contributed by atoms with E-state index in [2.05, 4.69) is 15.6 Å². The number of carbonyl (C=O) groups excluding carboxylic acids is 1. The molecule has 0 aliphatic rings. The fraction of sp³-hybridized carbons (Fsp3) is 0.435. The molecular weight excluding hydrogens is 414 g/mol. The smallest absolute Gasteiger partial charge is 0.240 e. The number of aromatic nitrogens is 3. The first-order valence-electron chi connectivity index (χ1n) is 10.3. The summed E-state index contributed by atoms with van der Waals surface area (Å²) in [5.41, 5.74) is 4.81. The van der Waals surface area contributed by atoms with Gasteiger partial charge in [-0.05, 0) is 32.5 Å². The third kappa shape index (κ3) is 5.74. The summed E-state index contributed by atoms with van der Waals surface area (Å²) in [6.07, 6.45) is 0. The Morgan fingerprint density at radius 3 is 2.61 bits per heavy atom. The van der Waals surface area contributed by atoms with Gasteiger partial charge in [-0.2, -0.15) is 5.10 Å². The summed E-state index contributed by atoms with van der Waals surface area (Å²) < 4.78 is 7.21. The highest BCUT2D eigenvalue weighted by Crippen LogP contribution is 2.24. The van der Waals surface area contributed by atoms with Crippen LogP contribution in [0.5, 0.6) is 0 Å². The maximum atomic E-state index is 12.4. The van der Waals surface area contributed by atoms with Gasteiger partial charge in [0.25, 0.3) is 0 Å². The van der Waals surface area contributed by atoms with Crippen molar-refractivity contribution in [3.8, 4) is 0 Å². The summed E-state index contributed by atoms with van der Waals surface area (Å²) in [7, 11) is 1.91. The van der Waals surface area contributed by atoms with Crippen molar-refractivity contribution in [3.05, 3.63) is 63.6 Å². The van der Waals surface area contributed by atoms with Gasteiger partial charge >= 0.3 is 0 Å². The number of amides is 1. The molecule has 0 bridgehead atoms. The fourth-order valence-corrected chi connectivity index (χ4v) is 3.54. The van der Waals surface area contributed by atoms with Crippen LogP contribution in [0.3, 0.4) is 0 Å². The van der Waals surface area contributed by atoms with Crippen molar-refractivity contribution < 1.29 is 9.32 Å². The maximum Gasteiger partial charge on any atom is 0.240 e. The summed E-state index contributed by atoms with van der Waals surface area (Å²) in [6, 6.07) is 9.55. The number of hydrogen-bond acceptors (Lipinski definition) is 5. The SMILES string of the molecule is Cc1nn(Cc2ccccc2Cl)c(C)c1CN(C)CC(=O)Nc1cc(C(C)(C)C)no1. The number of nitrogens with zero attached hydrogens (tertiary/aromatic N) is 4. The number of hydrogen-bond donors (Lipinski definition) is 1. The van der Waals surface area contributed by atoms with Gasteiger partial charge in [-0.25, -0.2) is 0 Å². The number of nitrogens with one attached hydrogen (secondary N) is 1. The maximum absolute atomic E-state index is 12.4.